The summed E-state index contributed by atoms with van der Waals surface area (Å²) in [6.45, 7) is 3.79. The van der Waals surface area contributed by atoms with E-state index in [1.807, 2.05) is 18.2 Å². The van der Waals surface area contributed by atoms with Crippen LogP contribution in [0.25, 0.3) is 0 Å². The highest BCUT2D eigenvalue weighted by atomic mass is 35.5. The molecule has 1 heterocycles. The van der Waals surface area contributed by atoms with Crippen LogP contribution in [-0.4, -0.2) is 24.7 Å². The van der Waals surface area contributed by atoms with E-state index in [0.717, 1.165) is 12.0 Å². The predicted molar refractivity (Wildman–Crippen MR) is 81.9 cm³/mol. The molecule has 1 aliphatic heterocycles. The third-order valence-electron chi connectivity index (χ3n) is 3.78. The van der Waals surface area contributed by atoms with Gasteiger partial charge in [-0.05, 0) is 30.4 Å². The van der Waals surface area contributed by atoms with E-state index in [2.05, 4.69) is 18.3 Å². The zero-order valence-corrected chi connectivity index (χ0v) is 12.7. The second-order valence-corrected chi connectivity index (χ2v) is 5.07. The Morgan fingerprint density at radius 1 is 1.30 bits per heavy atom. The van der Waals surface area contributed by atoms with Crippen molar-refractivity contribution in [3.8, 4) is 0 Å². The standard InChI is InChI=1S/C15H22N2O2.ClH/c1-2-12-5-3-4-6-13(12)11-17-14(18)15(16)7-9-19-10-8-15;/h3-6H,2,7-11,16H2,1H3,(H,17,18);1H. The molecule has 0 aromatic heterocycles. The molecule has 1 aromatic carbocycles. The van der Waals surface area contributed by atoms with Gasteiger partial charge in [0.1, 0.15) is 0 Å². The highest BCUT2D eigenvalue weighted by molar-refractivity contribution is 5.86. The summed E-state index contributed by atoms with van der Waals surface area (Å²) < 4.78 is 5.25. The maximum Gasteiger partial charge on any atom is 0.240 e. The molecule has 1 fully saturated rings. The van der Waals surface area contributed by atoms with Gasteiger partial charge in [-0.1, -0.05) is 31.2 Å². The van der Waals surface area contributed by atoms with Gasteiger partial charge in [0, 0.05) is 19.8 Å². The molecule has 0 spiro atoms. The summed E-state index contributed by atoms with van der Waals surface area (Å²) in [5.74, 6) is -0.0679. The lowest BCUT2D eigenvalue weighted by atomic mass is 9.90. The summed E-state index contributed by atoms with van der Waals surface area (Å²) in [5, 5.41) is 2.96. The van der Waals surface area contributed by atoms with Crippen LogP contribution < -0.4 is 11.1 Å². The Morgan fingerprint density at radius 2 is 1.90 bits per heavy atom. The summed E-state index contributed by atoms with van der Waals surface area (Å²) in [7, 11) is 0. The maximum atomic E-state index is 12.2. The number of halogens is 1. The quantitative estimate of drug-likeness (QED) is 0.891. The Kier molecular flexibility index (Phi) is 6.46. The number of benzene rings is 1. The fourth-order valence-corrected chi connectivity index (χ4v) is 2.39. The summed E-state index contributed by atoms with van der Waals surface area (Å²) >= 11 is 0. The molecule has 0 aliphatic carbocycles. The van der Waals surface area contributed by atoms with Crippen LogP contribution in [0.3, 0.4) is 0 Å². The van der Waals surface area contributed by atoms with Crippen molar-refractivity contribution in [3.63, 3.8) is 0 Å². The number of carbonyl (C=O) groups is 1. The van der Waals surface area contributed by atoms with Crippen LogP contribution in [0.4, 0.5) is 0 Å². The van der Waals surface area contributed by atoms with Gasteiger partial charge in [0.25, 0.3) is 0 Å². The van der Waals surface area contributed by atoms with Gasteiger partial charge in [-0.25, -0.2) is 0 Å². The SMILES string of the molecule is CCc1ccccc1CNC(=O)C1(N)CCOCC1.Cl. The molecule has 112 valence electrons. The summed E-state index contributed by atoms with van der Waals surface area (Å²) in [6, 6.07) is 8.15. The molecule has 1 aliphatic rings. The van der Waals surface area contributed by atoms with E-state index in [0.29, 0.717) is 32.6 Å². The van der Waals surface area contributed by atoms with Crippen molar-refractivity contribution in [2.45, 2.75) is 38.3 Å². The van der Waals surface area contributed by atoms with E-state index >= 15 is 0 Å². The average Bonchev–Trinajstić information content (AvgIpc) is 2.45. The van der Waals surface area contributed by atoms with E-state index in [4.69, 9.17) is 10.5 Å². The van der Waals surface area contributed by atoms with Gasteiger partial charge in [-0.15, -0.1) is 12.4 Å². The van der Waals surface area contributed by atoms with E-state index in [1.165, 1.54) is 5.56 Å². The van der Waals surface area contributed by atoms with Crippen molar-refractivity contribution in [1.29, 1.82) is 0 Å². The largest absolute Gasteiger partial charge is 0.381 e. The van der Waals surface area contributed by atoms with Crippen molar-refractivity contribution < 1.29 is 9.53 Å². The molecule has 1 saturated heterocycles. The molecule has 0 bridgehead atoms. The Morgan fingerprint density at radius 3 is 2.50 bits per heavy atom. The number of carbonyl (C=O) groups excluding carboxylic acids is 1. The normalized spacial score (nSPS) is 17.1. The molecule has 0 unspecified atom stereocenters. The van der Waals surface area contributed by atoms with Crippen LogP contribution in [0.1, 0.15) is 30.9 Å². The molecule has 1 amide bonds. The van der Waals surface area contributed by atoms with Gasteiger partial charge in [-0.2, -0.15) is 0 Å². The fraction of sp³-hybridized carbons (Fsp3) is 0.533. The van der Waals surface area contributed by atoms with Crippen LogP contribution in [0.5, 0.6) is 0 Å². The van der Waals surface area contributed by atoms with Gasteiger partial charge in [0.2, 0.25) is 5.91 Å². The van der Waals surface area contributed by atoms with Crippen molar-refractivity contribution in [1.82, 2.24) is 5.32 Å². The first-order valence-corrected chi connectivity index (χ1v) is 6.87. The van der Waals surface area contributed by atoms with Gasteiger partial charge in [0.15, 0.2) is 0 Å². The third kappa shape index (κ3) is 3.95. The molecule has 0 saturated carbocycles. The maximum absolute atomic E-state index is 12.2. The lowest BCUT2D eigenvalue weighted by Crippen LogP contribution is -2.56. The van der Waals surface area contributed by atoms with E-state index < -0.39 is 5.54 Å². The third-order valence-corrected chi connectivity index (χ3v) is 3.78. The zero-order chi connectivity index (χ0) is 13.7. The number of nitrogens with two attached hydrogens (primary N) is 1. The molecule has 4 nitrogen and oxygen atoms in total. The van der Waals surface area contributed by atoms with E-state index in [-0.39, 0.29) is 18.3 Å². The number of rotatable bonds is 4. The van der Waals surface area contributed by atoms with Crippen molar-refractivity contribution in [2.75, 3.05) is 13.2 Å². The van der Waals surface area contributed by atoms with E-state index in [1.54, 1.807) is 0 Å². The monoisotopic (exact) mass is 298 g/mol. The first-order chi connectivity index (χ1) is 9.15. The topological polar surface area (TPSA) is 64.4 Å². The minimum absolute atomic E-state index is 0. The molecule has 0 atom stereocenters. The smallest absolute Gasteiger partial charge is 0.240 e. The fourth-order valence-electron chi connectivity index (χ4n) is 2.39. The minimum atomic E-state index is -0.764. The Labute approximate surface area is 126 Å². The lowest BCUT2D eigenvalue weighted by molar-refractivity contribution is -0.129. The Hall–Kier alpha value is -1.10. The molecule has 2 rings (SSSR count). The number of ether oxygens (including phenoxy) is 1. The number of aryl methyl sites for hydroxylation is 1. The van der Waals surface area contributed by atoms with Gasteiger partial charge in [-0.3, -0.25) is 4.79 Å². The van der Waals surface area contributed by atoms with Crippen LogP contribution >= 0.6 is 12.4 Å². The van der Waals surface area contributed by atoms with Crippen LogP contribution in [-0.2, 0) is 22.5 Å². The van der Waals surface area contributed by atoms with Crippen LogP contribution in [0.2, 0.25) is 0 Å². The molecule has 5 heteroatoms. The van der Waals surface area contributed by atoms with Crippen molar-refractivity contribution >= 4 is 18.3 Å². The number of hydrogen-bond acceptors (Lipinski definition) is 3. The van der Waals surface area contributed by atoms with Crippen molar-refractivity contribution in [2.24, 2.45) is 5.73 Å². The molecule has 0 radical (unpaired) electrons. The predicted octanol–water partition coefficient (Wildman–Crippen LogP) is 1.79. The number of hydrogen-bond donors (Lipinski definition) is 2. The second-order valence-electron chi connectivity index (χ2n) is 5.07. The summed E-state index contributed by atoms with van der Waals surface area (Å²) in [5.41, 5.74) is 7.81. The minimum Gasteiger partial charge on any atom is -0.381 e. The van der Waals surface area contributed by atoms with Crippen LogP contribution in [0, 0.1) is 0 Å². The molecular weight excluding hydrogens is 276 g/mol. The van der Waals surface area contributed by atoms with Gasteiger partial charge >= 0.3 is 0 Å². The van der Waals surface area contributed by atoms with Gasteiger partial charge in [0.05, 0.1) is 5.54 Å². The average molecular weight is 299 g/mol. The van der Waals surface area contributed by atoms with Crippen LogP contribution in [0.15, 0.2) is 24.3 Å². The Bertz CT molecular complexity index is 445. The number of nitrogens with one attached hydrogen (secondary N) is 1. The van der Waals surface area contributed by atoms with E-state index in [9.17, 15) is 4.79 Å². The summed E-state index contributed by atoms with van der Waals surface area (Å²) in [4.78, 5) is 12.2. The van der Waals surface area contributed by atoms with Gasteiger partial charge < -0.3 is 15.8 Å². The molecule has 20 heavy (non-hydrogen) atoms. The van der Waals surface area contributed by atoms with Crippen molar-refractivity contribution in [3.05, 3.63) is 35.4 Å². The molecule has 1 aromatic rings. The highest BCUT2D eigenvalue weighted by Crippen LogP contribution is 2.18. The molecule has 3 N–H and O–H groups in total. The molecular formula is C15H23ClN2O2. The summed E-state index contributed by atoms with van der Waals surface area (Å²) in [6.07, 6.45) is 2.15. The first-order valence-electron chi connectivity index (χ1n) is 6.87. The zero-order valence-electron chi connectivity index (χ0n) is 11.9. The first kappa shape index (κ1) is 17.0. The number of amides is 1. The second kappa shape index (κ2) is 7.62. The lowest BCUT2D eigenvalue weighted by Gasteiger charge is -2.31. The highest BCUT2D eigenvalue weighted by Gasteiger charge is 2.35. The Balaban J connectivity index is 0.00000200.